The molecular weight excluding hydrogens is 1090 g/mol. The topological polar surface area (TPSA) is 278 Å². The molecule has 2 aliphatic heterocycles. The van der Waals surface area contributed by atoms with Crippen LogP contribution in [0.15, 0.2) is 47.3 Å². The Labute approximate surface area is 490 Å². The number of hydrogen-bond acceptors (Lipinski definition) is 18. The number of unbranched alkanes of at least 4 members (excludes halogenated alkanes) is 1. The number of amides is 3. The number of aliphatic hydroxyl groups is 1. The molecule has 462 valence electrons. The van der Waals surface area contributed by atoms with Gasteiger partial charge in [0.05, 0.1) is 147 Å². The van der Waals surface area contributed by atoms with E-state index in [0.717, 1.165) is 24.2 Å². The van der Waals surface area contributed by atoms with Gasteiger partial charge in [-0.25, -0.2) is 14.2 Å². The molecule has 3 aliphatic rings. The summed E-state index contributed by atoms with van der Waals surface area (Å²) >= 11 is 0. The van der Waals surface area contributed by atoms with Crippen molar-refractivity contribution in [3.63, 3.8) is 0 Å². The fourth-order valence-corrected chi connectivity index (χ4v) is 10.5. The lowest BCUT2D eigenvalue weighted by Crippen LogP contribution is -2.55. The fourth-order valence-electron chi connectivity index (χ4n) is 10.5. The minimum Gasteiger partial charge on any atom is -0.458 e. The number of esters is 1. The summed E-state index contributed by atoms with van der Waals surface area (Å²) in [6, 6.07) is 9.41. The molecule has 0 fully saturated rings. The van der Waals surface area contributed by atoms with Gasteiger partial charge in [0.1, 0.15) is 24.5 Å². The number of fused-ring (bicyclic) bond motifs is 5. The van der Waals surface area contributed by atoms with Crippen LogP contribution < -0.4 is 27.2 Å². The first-order chi connectivity index (χ1) is 40.9. The summed E-state index contributed by atoms with van der Waals surface area (Å²) in [7, 11) is 0. The first-order valence-corrected chi connectivity index (χ1v) is 29.5. The number of ether oxygens (including phenoxy) is 10. The van der Waals surface area contributed by atoms with Crippen LogP contribution in [-0.2, 0) is 98.1 Å². The van der Waals surface area contributed by atoms with Crippen LogP contribution in [0.25, 0.3) is 22.3 Å². The van der Waals surface area contributed by atoms with Crippen molar-refractivity contribution in [1.82, 2.24) is 25.5 Å². The number of nitrogens with zero attached hydrogens (tertiary/aromatic N) is 2. The van der Waals surface area contributed by atoms with Gasteiger partial charge in [-0.3, -0.25) is 19.2 Å². The molecule has 3 amide bonds. The van der Waals surface area contributed by atoms with E-state index in [1.807, 2.05) is 30.3 Å². The largest absolute Gasteiger partial charge is 0.458 e. The van der Waals surface area contributed by atoms with Crippen molar-refractivity contribution in [2.75, 3.05) is 125 Å². The maximum Gasteiger partial charge on any atom is 0.343 e. The molecule has 0 saturated heterocycles. The van der Waals surface area contributed by atoms with Crippen molar-refractivity contribution in [2.45, 2.75) is 115 Å². The number of carbonyl (C=O) groups is 4. The summed E-state index contributed by atoms with van der Waals surface area (Å²) < 4.78 is 72.1. The van der Waals surface area contributed by atoms with Crippen LogP contribution in [0, 0.1) is 12.7 Å². The van der Waals surface area contributed by atoms with Gasteiger partial charge >= 0.3 is 5.97 Å². The van der Waals surface area contributed by atoms with E-state index >= 15 is 4.39 Å². The molecule has 0 radical (unpaired) electrons. The van der Waals surface area contributed by atoms with E-state index in [9.17, 15) is 29.1 Å². The number of carbonyl (C=O) groups excluding carboxylic acids is 4. The first kappa shape index (κ1) is 65.7. The van der Waals surface area contributed by atoms with Gasteiger partial charge < -0.3 is 78.7 Å². The van der Waals surface area contributed by atoms with Gasteiger partial charge in [0.15, 0.2) is 5.60 Å². The normalized spacial score (nSPS) is 16.6. The minimum atomic E-state index is -2.05. The second-order valence-corrected chi connectivity index (χ2v) is 20.8. The summed E-state index contributed by atoms with van der Waals surface area (Å²) in [4.78, 5) is 74.6. The molecule has 0 bridgehead atoms. The zero-order valence-electron chi connectivity index (χ0n) is 48.9. The van der Waals surface area contributed by atoms with Crippen molar-refractivity contribution >= 4 is 34.6 Å². The number of aryl methyl sites for hydroxylation is 1. The van der Waals surface area contributed by atoms with Crippen LogP contribution in [0.1, 0.15) is 104 Å². The molecule has 22 nitrogen and oxygen atoms in total. The highest BCUT2D eigenvalue weighted by atomic mass is 19.1. The van der Waals surface area contributed by atoms with E-state index < -0.39 is 58.8 Å². The van der Waals surface area contributed by atoms with Crippen molar-refractivity contribution in [1.29, 1.82) is 0 Å². The molecule has 2 aromatic heterocycles. The molecule has 23 heteroatoms. The predicted octanol–water partition coefficient (Wildman–Crippen LogP) is 3.92. The Balaban J connectivity index is 0.851. The van der Waals surface area contributed by atoms with Crippen molar-refractivity contribution < 1.29 is 76.0 Å². The third-order valence-corrected chi connectivity index (χ3v) is 15.0. The van der Waals surface area contributed by atoms with E-state index in [1.54, 1.807) is 19.9 Å². The quantitative estimate of drug-likeness (QED) is 0.0274. The SMILES string of the molecule is CCCOCCOCCOCCOCCOCCOCCOCCOCCOCCC(=O)N[C@@H](Cc1ccccc1)C(=O)N[C@@H](CCCCN)C(=O)N[C@H]1CCc2c(C)c(F)cc3nc4c(c1c23)Cn1c-4cc2c(c1=O)COC(=O)[C@]2(O)CC. The van der Waals surface area contributed by atoms with E-state index in [0.29, 0.717) is 164 Å². The van der Waals surface area contributed by atoms with Crippen LogP contribution in [0.5, 0.6) is 0 Å². The molecule has 6 N–H and O–H groups in total. The number of benzene rings is 2. The number of halogens is 1. The number of aromatic nitrogens is 2. The number of pyridine rings is 2. The Morgan fingerprint density at radius 2 is 1.32 bits per heavy atom. The molecule has 4 heterocycles. The smallest absolute Gasteiger partial charge is 0.343 e. The Morgan fingerprint density at radius 3 is 1.88 bits per heavy atom. The Kier molecular flexibility index (Phi) is 26.9. The zero-order valence-corrected chi connectivity index (χ0v) is 48.9. The average Bonchev–Trinajstić information content (AvgIpc) is 1.75. The monoisotopic (exact) mass is 1180 g/mol. The summed E-state index contributed by atoms with van der Waals surface area (Å²) in [6.45, 7) is 13.4. The molecule has 0 unspecified atom stereocenters. The number of hydrogen-bond donors (Lipinski definition) is 5. The third-order valence-electron chi connectivity index (χ3n) is 15.0. The summed E-state index contributed by atoms with van der Waals surface area (Å²) in [6.07, 6.45) is 3.17. The highest BCUT2D eigenvalue weighted by Crippen LogP contribution is 2.46. The lowest BCUT2D eigenvalue weighted by Gasteiger charge is -2.31. The maximum atomic E-state index is 15.6. The molecule has 4 aromatic rings. The van der Waals surface area contributed by atoms with Crippen LogP contribution in [0.4, 0.5) is 4.39 Å². The van der Waals surface area contributed by atoms with Gasteiger partial charge in [-0.2, -0.15) is 0 Å². The number of nitrogens with one attached hydrogen (secondary N) is 3. The summed E-state index contributed by atoms with van der Waals surface area (Å²) in [5, 5.41) is 21.2. The second kappa shape index (κ2) is 34.3. The molecule has 4 atom stereocenters. The van der Waals surface area contributed by atoms with Crippen LogP contribution >= 0.6 is 0 Å². The lowest BCUT2D eigenvalue weighted by molar-refractivity contribution is -0.172. The summed E-state index contributed by atoms with van der Waals surface area (Å²) in [5.41, 5.74) is 8.02. The molecular formula is C61H85FN6O16. The standard InChI is InChI=1S/C61H85FN6O16/c1-4-18-75-20-22-77-24-26-79-28-30-81-32-34-83-35-33-82-31-29-80-27-25-78-23-21-76-19-16-53(69)64-51(36-42-11-7-6-8-12-42)58(71)67-49(13-9-10-17-63)57(70)66-48-15-14-43-41(3)47(62)38-50-54(43)55(48)44-39-68-52(56(44)65-50)37-46-45(59(68)72)40-84-60(73)61(46,74)5-2/h6-8,11-12,37-38,48-49,51,74H,4-5,9-10,13-36,39-40,63H2,1-3H3,(H,64,69)(H,66,70)(H,67,71)/t48-,49-,51-,61-/m0/s1. The highest BCUT2D eigenvalue weighted by molar-refractivity contribution is 5.95. The summed E-state index contributed by atoms with van der Waals surface area (Å²) in [5.74, 6) is -2.76. The average molecular weight is 1180 g/mol. The molecule has 1 aliphatic carbocycles. The number of nitrogens with two attached hydrogens (primary N) is 1. The van der Waals surface area contributed by atoms with Crippen molar-refractivity contribution in [3.8, 4) is 11.4 Å². The van der Waals surface area contributed by atoms with Gasteiger partial charge in [-0.1, -0.05) is 44.2 Å². The Bertz CT molecular complexity index is 2840. The van der Waals surface area contributed by atoms with Gasteiger partial charge in [0, 0.05) is 42.0 Å². The second-order valence-electron chi connectivity index (χ2n) is 20.8. The molecule has 0 saturated carbocycles. The van der Waals surface area contributed by atoms with Crippen LogP contribution in [0.2, 0.25) is 0 Å². The van der Waals surface area contributed by atoms with Crippen LogP contribution in [0.3, 0.4) is 0 Å². The van der Waals surface area contributed by atoms with Gasteiger partial charge in [0.2, 0.25) is 17.7 Å². The molecule has 84 heavy (non-hydrogen) atoms. The van der Waals surface area contributed by atoms with Crippen LogP contribution in [-0.4, -0.2) is 176 Å². The van der Waals surface area contributed by atoms with Gasteiger partial charge in [-0.05, 0) is 86.7 Å². The fraction of sp³-hybridized carbons (Fsp3) is 0.607. The van der Waals surface area contributed by atoms with E-state index in [2.05, 4.69) is 22.9 Å². The minimum absolute atomic E-state index is 0.0369. The molecule has 2 aromatic carbocycles. The number of rotatable bonds is 41. The maximum absolute atomic E-state index is 15.6. The van der Waals surface area contributed by atoms with Crippen molar-refractivity contribution in [3.05, 3.63) is 97.6 Å². The Hall–Kier alpha value is -5.83. The molecule has 0 spiro atoms. The first-order valence-electron chi connectivity index (χ1n) is 29.5. The van der Waals surface area contributed by atoms with E-state index in [-0.39, 0.29) is 69.8 Å². The van der Waals surface area contributed by atoms with Gasteiger partial charge in [-0.15, -0.1) is 0 Å². The van der Waals surface area contributed by atoms with Gasteiger partial charge in [0.25, 0.3) is 5.56 Å². The highest BCUT2D eigenvalue weighted by Gasteiger charge is 2.46. The zero-order chi connectivity index (χ0) is 59.7. The predicted molar refractivity (Wildman–Crippen MR) is 308 cm³/mol. The lowest BCUT2D eigenvalue weighted by atomic mass is 9.81. The Morgan fingerprint density at radius 1 is 0.750 bits per heavy atom. The molecule has 7 rings (SSSR count). The van der Waals surface area contributed by atoms with E-state index in [4.69, 9.17) is 58.1 Å². The van der Waals surface area contributed by atoms with Crippen molar-refractivity contribution in [2.24, 2.45) is 5.73 Å². The third kappa shape index (κ3) is 18.1. The van der Waals surface area contributed by atoms with E-state index in [1.165, 1.54) is 10.6 Å². The number of cyclic esters (lactones) is 1.